The van der Waals surface area contributed by atoms with Gasteiger partial charge in [-0.2, -0.15) is 0 Å². The summed E-state index contributed by atoms with van der Waals surface area (Å²) >= 11 is 0. The summed E-state index contributed by atoms with van der Waals surface area (Å²) in [6.07, 6.45) is 1.30. The van der Waals surface area contributed by atoms with Crippen molar-refractivity contribution in [3.8, 4) is 0 Å². The molecule has 0 saturated carbocycles. The molecule has 12 heteroatoms. The number of carbonyl (C=O) groups is 5. The number of nitrogens with one attached hydrogen (secondary N) is 3. The van der Waals surface area contributed by atoms with E-state index in [1.165, 1.54) is 0 Å². The lowest BCUT2D eigenvalue weighted by atomic mass is 9.98. The van der Waals surface area contributed by atoms with E-state index in [1.807, 2.05) is 0 Å². The van der Waals surface area contributed by atoms with Gasteiger partial charge in [0.25, 0.3) is 0 Å². The van der Waals surface area contributed by atoms with Crippen LogP contribution in [0.25, 0.3) is 0 Å². The molecule has 190 valence electrons. The molecule has 5 atom stereocenters. The van der Waals surface area contributed by atoms with Crippen molar-refractivity contribution in [3.63, 3.8) is 0 Å². The van der Waals surface area contributed by atoms with Crippen LogP contribution in [0.5, 0.6) is 0 Å². The van der Waals surface area contributed by atoms with Crippen LogP contribution < -0.4 is 33.2 Å². The Morgan fingerprint density at radius 2 is 1.42 bits per heavy atom. The van der Waals surface area contributed by atoms with Gasteiger partial charge in [0.15, 0.2) is 0 Å². The number of hydrogen-bond acceptors (Lipinski definition) is 7. The lowest BCUT2D eigenvalue weighted by Gasteiger charge is -2.26. The summed E-state index contributed by atoms with van der Waals surface area (Å²) < 4.78 is 0. The number of carboxylic acids is 1. The van der Waals surface area contributed by atoms with Crippen molar-refractivity contribution in [1.82, 2.24) is 16.0 Å². The lowest BCUT2D eigenvalue weighted by Crippen LogP contribution is -2.58. The Morgan fingerprint density at radius 1 is 0.879 bits per heavy atom. The van der Waals surface area contributed by atoms with Crippen molar-refractivity contribution in [2.24, 2.45) is 29.0 Å². The molecule has 10 N–H and O–H groups in total. The molecule has 0 radical (unpaired) electrons. The van der Waals surface area contributed by atoms with Crippen LogP contribution in [0.4, 0.5) is 0 Å². The molecule has 0 fully saturated rings. The third kappa shape index (κ3) is 11.1. The normalized spacial score (nSPS) is 15.6. The first-order chi connectivity index (χ1) is 15.3. The van der Waals surface area contributed by atoms with E-state index in [2.05, 4.69) is 16.0 Å². The monoisotopic (exact) mass is 472 g/mol. The summed E-state index contributed by atoms with van der Waals surface area (Å²) in [7, 11) is 0. The highest BCUT2D eigenvalue weighted by molar-refractivity contribution is 5.96. The standard InChI is InChI=1S/C21H40N6O6/c1-5-12(4)17(21(32)33)27-19(30)14(10-15(23)28)26-18(29)13(8-6-7-9-22)25-20(31)16(24)11(2)3/h11-14,16-17H,5-10,22,24H2,1-4H3,(H2,23,28)(H,25,31)(H,26,29)(H,27,30)(H,32,33). The van der Waals surface area contributed by atoms with Gasteiger partial charge in [0.2, 0.25) is 23.6 Å². The molecule has 0 bridgehead atoms. The second kappa shape index (κ2) is 15.2. The zero-order chi connectivity index (χ0) is 25.7. The quantitative estimate of drug-likeness (QED) is 0.131. The van der Waals surface area contributed by atoms with Crippen LogP contribution in [-0.4, -0.2) is 65.4 Å². The fraction of sp³-hybridized carbons (Fsp3) is 0.762. The average Bonchev–Trinajstić information content (AvgIpc) is 2.74. The van der Waals surface area contributed by atoms with Crippen LogP contribution in [0.3, 0.4) is 0 Å². The largest absolute Gasteiger partial charge is 0.480 e. The van der Waals surface area contributed by atoms with Gasteiger partial charge >= 0.3 is 5.97 Å². The minimum absolute atomic E-state index is 0.167. The molecule has 0 aliphatic carbocycles. The molecule has 5 unspecified atom stereocenters. The Kier molecular flexibility index (Phi) is 13.9. The molecule has 0 saturated heterocycles. The minimum Gasteiger partial charge on any atom is -0.480 e. The number of carboxylic acid groups (broad SMARTS) is 1. The van der Waals surface area contributed by atoms with E-state index < -0.39 is 66.1 Å². The Hall–Kier alpha value is -2.73. The van der Waals surface area contributed by atoms with E-state index >= 15 is 0 Å². The lowest BCUT2D eigenvalue weighted by molar-refractivity contribution is -0.144. The predicted molar refractivity (Wildman–Crippen MR) is 122 cm³/mol. The van der Waals surface area contributed by atoms with Crippen LogP contribution in [0, 0.1) is 11.8 Å². The van der Waals surface area contributed by atoms with Crippen molar-refractivity contribution in [1.29, 1.82) is 0 Å². The number of carbonyl (C=O) groups excluding carboxylic acids is 4. The first-order valence-electron chi connectivity index (χ1n) is 11.2. The number of aliphatic carboxylic acids is 1. The van der Waals surface area contributed by atoms with Crippen LogP contribution in [0.2, 0.25) is 0 Å². The number of rotatable bonds is 16. The van der Waals surface area contributed by atoms with Crippen LogP contribution in [0.15, 0.2) is 0 Å². The molecule has 0 aromatic carbocycles. The summed E-state index contributed by atoms with van der Waals surface area (Å²) in [4.78, 5) is 61.1. The van der Waals surface area contributed by atoms with E-state index in [-0.39, 0.29) is 12.3 Å². The van der Waals surface area contributed by atoms with Gasteiger partial charge in [-0.3, -0.25) is 19.2 Å². The number of unbranched alkanes of at least 4 members (excludes halogenated alkanes) is 1. The molecule has 33 heavy (non-hydrogen) atoms. The summed E-state index contributed by atoms with van der Waals surface area (Å²) in [5.41, 5.74) is 16.6. The zero-order valence-corrected chi connectivity index (χ0v) is 19.9. The Morgan fingerprint density at radius 3 is 1.88 bits per heavy atom. The number of amides is 4. The van der Waals surface area contributed by atoms with Gasteiger partial charge in [0.05, 0.1) is 12.5 Å². The van der Waals surface area contributed by atoms with E-state index in [0.717, 1.165) is 0 Å². The first-order valence-corrected chi connectivity index (χ1v) is 11.2. The highest BCUT2D eigenvalue weighted by atomic mass is 16.4. The van der Waals surface area contributed by atoms with E-state index in [1.54, 1.807) is 27.7 Å². The zero-order valence-electron chi connectivity index (χ0n) is 19.9. The van der Waals surface area contributed by atoms with Crippen molar-refractivity contribution >= 4 is 29.6 Å². The maximum absolute atomic E-state index is 12.9. The van der Waals surface area contributed by atoms with Gasteiger partial charge in [-0.05, 0) is 37.6 Å². The fourth-order valence-electron chi connectivity index (χ4n) is 2.95. The van der Waals surface area contributed by atoms with E-state index in [4.69, 9.17) is 17.2 Å². The maximum Gasteiger partial charge on any atom is 0.326 e. The third-order valence-electron chi connectivity index (χ3n) is 5.42. The Bertz CT molecular complexity index is 686. The molecule has 0 heterocycles. The Balaban J connectivity index is 5.57. The van der Waals surface area contributed by atoms with Crippen LogP contribution >= 0.6 is 0 Å². The van der Waals surface area contributed by atoms with Gasteiger partial charge in [-0.25, -0.2) is 4.79 Å². The smallest absolute Gasteiger partial charge is 0.326 e. The van der Waals surface area contributed by atoms with Crippen molar-refractivity contribution < 1.29 is 29.1 Å². The summed E-state index contributed by atoms with van der Waals surface area (Å²) in [6, 6.07) is -4.49. The number of nitrogens with two attached hydrogens (primary N) is 3. The molecule has 0 rings (SSSR count). The third-order valence-corrected chi connectivity index (χ3v) is 5.42. The summed E-state index contributed by atoms with van der Waals surface area (Å²) in [5.74, 6) is -4.77. The van der Waals surface area contributed by atoms with Crippen molar-refractivity contribution in [2.75, 3.05) is 6.54 Å². The second-order valence-electron chi connectivity index (χ2n) is 8.56. The fourth-order valence-corrected chi connectivity index (χ4v) is 2.95. The topological polar surface area (TPSA) is 220 Å². The van der Waals surface area contributed by atoms with Gasteiger partial charge < -0.3 is 38.3 Å². The molecule has 0 spiro atoms. The Labute approximate surface area is 194 Å². The van der Waals surface area contributed by atoms with Gasteiger partial charge in [0, 0.05) is 0 Å². The van der Waals surface area contributed by atoms with Crippen LogP contribution in [-0.2, 0) is 24.0 Å². The molecule has 0 aromatic heterocycles. The second-order valence-corrected chi connectivity index (χ2v) is 8.56. The number of hydrogen-bond donors (Lipinski definition) is 7. The van der Waals surface area contributed by atoms with Gasteiger partial charge in [0.1, 0.15) is 18.1 Å². The molecular formula is C21H40N6O6. The molecule has 12 nitrogen and oxygen atoms in total. The molecule has 0 aliphatic heterocycles. The summed E-state index contributed by atoms with van der Waals surface area (Å²) in [5, 5.41) is 16.8. The predicted octanol–water partition coefficient (Wildman–Crippen LogP) is -1.44. The molecular weight excluding hydrogens is 432 g/mol. The number of primary amides is 1. The van der Waals surface area contributed by atoms with Gasteiger partial charge in [-0.15, -0.1) is 0 Å². The maximum atomic E-state index is 12.9. The van der Waals surface area contributed by atoms with E-state index in [0.29, 0.717) is 25.8 Å². The first kappa shape index (κ1) is 30.3. The van der Waals surface area contributed by atoms with Crippen molar-refractivity contribution in [2.45, 2.75) is 84.0 Å². The van der Waals surface area contributed by atoms with E-state index in [9.17, 15) is 29.1 Å². The summed E-state index contributed by atoms with van der Waals surface area (Å²) in [6.45, 7) is 7.34. The molecule has 4 amide bonds. The average molecular weight is 473 g/mol. The van der Waals surface area contributed by atoms with Gasteiger partial charge in [-0.1, -0.05) is 34.1 Å². The van der Waals surface area contributed by atoms with Crippen LogP contribution in [0.1, 0.15) is 59.8 Å². The SMILES string of the molecule is CCC(C)C(NC(=O)C(CC(N)=O)NC(=O)C(CCCCN)NC(=O)C(N)C(C)C)C(=O)O. The molecule has 0 aliphatic rings. The highest BCUT2D eigenvalue weighted by Crippen LogP contribution is 2.09. The highest BCUT2D eigenvalue weighted by Gasteiger charge is 2.32. The molecule has 0 aromatic rings. The van der Waals surface area contributed by atoms with Crippen molar-refractivity contribution in [3.05, 3.63) is 0 Å². The minimum atomic E-state index is -1.41.